The lowest BCUT2D eigenvalue weighted by Crippen LogP contribution is -1.71. The van der Waals surface area contributed by atoms with Gasteiger partial charge < -0.3 is 20.4 Å². The quantitative estimate of drug-likeness (QED) is 0.494. The van der Waals surface area contributed by atoms with Crippen molar-refractivity contribution in [3.63, 3.8) is 0 Å². The molecule has 0 fully saturated rings. The van der Waals surface area contributed by atoms with Crippen molar-refractivity contribution in [1.29, 1.82) is 0 Å². The smallest absolute Gasteiger partial charge is 0.115 e. The van der Waals surface area contributed by atoms with Crippen LogP contribution < -0.4 is 0 Å². The normalized spacial score (nSPS) is 7.85. The molecule has 4 heteroatoms. The zero-order valence-electron chi connectivity index (χ0n) is 15.3. The first-order chi connectivity index (χ1) is 13.0. The van der Waals surface area contributed by atoms with E-state index in [0.717, 1.165) is 11.1 Å². The molecule has 0 saturated carbocycles. The molecule has 0 unspecified atom stereocenters. The van der Waals surface area contributed by atoms with Gasteiger partial charge in [-0.05, 0) is 48.4 Å². The van der Waals surface area contributed by atoms with Gasteiger partial charge in [0.1, 0.15) is 18.1 Å². The van der Waals surface area contributed by atoms with Crippen molar-refractivity contribution < 1.29 is 20.4 Å². The summed E-state index contributed by atoms with van der Waals surface area (Å²) in [6.45, 7) is 7.04. The molecule has 0 saturated heterocycles. The lowest BCUT2D eigenvalue weighted by atomic mass is 10.2. The molecule has 27 heavy (non-hydrogen) atoms. The summed E-state index contributed by atoms with van der Waals surface area (Å²) in [6.07, 6.45) is 13.7. The number of aliphatic hydroxyl groups is 2. The van der Waals surface area contributed by atoms with Gasteiger partial charge in [0.15, 0.2) is 0 Å². The van der Waals surface area contributed by atoms with Gasteiger partial charge in [-0.25, -0.2) is 0 Å². The summed E-state index contributed by atoms with van der Waals surface area (Å²) in [5, 5.41) is 33.2. The molecule has 2 aromatic rings. The number of hydrogen-bond donors (Lipinski definition) is 4. The molecule has 0 radical (unpaired) electrons. The van der Waals surface area contributed by atoms with Gasteiger partial charge in [-0.3, -0.25) is 0 Å². The minimum absolute atomic E-state index is 0.153. The zero-order chi connectivity index (χ0) is 20.9. The van der Waals surface area contributed by atoms with Crippen molar-refractivity contribution in [1.82, 2.24) is 0 Å². The third-order valence-electron chi connectivity index (χ3n) is 2.59. The van der Waals surface area contributed by atoms with Crippen LogP contribution in [0.1, 0.15) is 17.5 Å². The van der Waals surface area contributed by atoms with Gasteiger partial charge in [-0.15, -0.1) is 19.4 Å². The van der Waals surface area contributed by atoms with Crippen LogP contribution in [0.3, 0.4) is 0 Å². The van der Waals surface area contributed by atoms with E-state index in [1.165, 1.54) is 0 Å². The number of phenolic OH excluding ortho intramolecular Hbond substituents is 2. The van der Waals surface area contributed by atoms with Gasteiger partial charge in [-0.2, -0.15) is 0 Å². The Hall–Kier alpha value is -3.44. The average Bonchev–Trinajstić information content (AvgIpc) is 2.71. The predicted molar refractivity (Wildman–Crippen MR) is 112 cm³/mol. The summed E-state index contributed by atoms with van der Waals surface area (Å²) in [5.41, 5.74) is 1.81. The van der Waals surface area contributed by atoms with E-state index in [2.05, 4.69) is 25.5 Å². The van der Waals surface area contributed by atoms with Crippen LogP contribution >= 0.6 is 0 Å². The number of aliphatic hydroxyl groups excluding tert-OH is 2. The second-order valence-corrected chi connectivity index (χ2v) is 4.65. The molecule has 142 valence electrons. The fraction of sp³-hybridized carbons (Fsp3) is 0.130. The van der Waals surface area contributed by atoms with Crippen LogP contribution in [0, 0.1) is 24.7 Å². The summed E-state index contributed by atoms with van der Waals surface area (Å²) in [7, 11) is 0. The van der Waals surface area contributed by atoms with Gasteiger partial charge in [0.2, 0.25) is 0 Å². The Bertz CT molecular complexity index is 702. The molecule has 0 atom stereocenters. The van der Waals surface area contributed by atoms with E-state index in [0.29, 0.717) is 12.2 Å². The molecule has 0 spiro atoms. The summed E-state index contributed by atoms with van der Waals surface area (Å²) in [5.74, 6) is 4.97. The SMILES string of the molecule is C#CCO.C#Cc1ccc(O)cc1.C=CCCO.C=Cc1ccc(O)cc1. The Kier molecular flexibility index (Phi) is 18.1. The number of hydrogen-bond acceptors (Lipinski definition) is 4. The third-order valence-corrected chi connectivity index (χ3v) is 2.59. The lowest BCUT2D eigenvalue weighted by molar-refractivity contribution is 0.303. The molecular weight excluding hydrogens is 340 g/mol. The van der Waals surface area contributed by atoms with Gasteiger partial charge in [-0.1, -0.05) is 42.7 Å². The standard InChI is InChI=1S/C8H8O.C8H6O.C4H8O.C3H4O/c2*1-2-7-3-5-8(9)6-4-7;1-2-3-4-5;1-2-3-4/h2-6,9H,1H2;1,3-6,9H;2,5H,1,3-4H2;1,4H,3H2. The van der Waals surface area contributed by atoms with Crippen molar-refractivity contribution in [2.75, 3.05) is 13.2 Å². The van der Waals surface area contributed by atoms with Gasteiger partial charge in [0.25, 0.3) is 0 Å². The molecule has 0 aromatic heterocycles. The number of rotatable bonds is 3. The Morgan fingerprint density at radius 3 is 1.56 bits per heavy atom. The molecule has 0 aliphatic heterocycles. The first-order valence-electron chi connectivity index (χ1n) is 7.92. The Morgan fingerprint density at radius 2 is 1.30 bits per heavy atom. The maximum Gasteiger partial charge on any atom is 0.115 e. The highest BCUT2D eigenvalue weighted by Crippen LogP contribution is 2.09. The van der Waals surface area contributed by atoms with Crippen molar-refractivity contribution in [3.8, 4) is 36.2 Å². The number of aromatic hydroxyl groups is 2. The van der Waals surface area contributed by atoms with E-state index in [1.807, 2.05) is 18.1 Å². The molecule has 4 nitrogen and oxygen atoms in total. The molecule has 0 heterocycles. The van der Waals surface area contributed by atoms with E-state index in [4.69, 9.17) is 26.8 Å². The first-order valence-corrected chi connectivity index (χ1v) is 7.92. The Labute approximate surface area is 161 Å². The lowest BCUT2D eigenvalue weighted by Gasteiger charge is -1.90. The summed E-state index contributed by atoms with van der Waals surface area (Å²) < 4.78 is 0. The van der Waals surface area contributed by atoms with Crippen LogP contribution in [0.15, 0.2) is 67.8 Å². The van der Waals surface area contributed by atoms with Crippen molar-refractivity contribution in [2.24, 2.45) is 0 Å². The van der Waals surface area contributed by atoms with Crippen LogP contribution in [0.5, 0.6) is 11.5 Å². The fourth-order valence-corrected chi connectivity index (χ4v) is 1.26. The van der Waals surface area contributed by atoms with Gasteiger partial charge in [0, 0.05) is 12.2 Å². The average molecular weight is 366 g/mol. The molecule has 4 N–H and O–H groups in total. The topological polar surface area (TPSA) is 80.9 Å². The summed E-state index contributed by atoms with van der Waals surface area (Å²) in [4.78, 5) is 0. The maximum absolute atomic E-state index is 8.82. The Balaban J connectivity index is 0. The fourth-order valence-electron chi connectivity index (χ4n) is 1.26. The zero-order valence-corrected chi connectivity index (χ0v) is 15.3. The monoisotopic (exact) mass is 366 g/mol. The van der Waals surface area contributed by atoms with Crippen LogP contribution in [0.25, 0.3) is 6.08 Å². The number of terminal acetylenes is 2. The molecule has 0 aliphatic carbocycles. The molecule has 2 rings (SSSR count). The molecular formula is C23H26O4. The molecule has 0 aliphatic rings. The van der Waals surface area contributed by atoms with Crippen LogP contribution in [0.4, 0.5) is 0 Å². The first kappa shape index (κ1) is 25.8. The molecule has 2 aromatic carbocycles. The van der Waals surface area contributed by atoms with E-state index in [-0.39, 0.29) is 19.0 Å². The summed E-state index contributed by atoms with van der Waals surface area (Å²) in [6, 6.07) is 13.4. The van der Waals surface area contributed by atoms with E-state index in [9.17, 15) is 0 Å². The van der Waals surface area contributed by atoms with E-state index in [1.54, 1.807) is 48.6 Å². The third kappa shape index (κ3) is 17.2. The van der Waals surface area contributed by atoms with Crippen LogP contribution in [-0.4, -0.2) is 33.6 Å². The van der Waals surface area contributed by atoms with Crippen LogP contribution in [0.2, 0.25) is 0 Å². The highest BCUT2D eigenvalue weighted by Gasteiger charge is 1.85. The van der Waals surface area contributed by atoms with Gasteiger partial charge in [0.05, 0.1) is 0 Å². The number of phenols is 2. The highest BCUT2D eigenvalue weighted by atomic mass is 16.3. The second kappa shape index (κ2) is 18.9. The maximum atomic E-state index is 8.82. The largest absolute Gasteiger partial charge is 0.508 e. The van der Waals surface area contributed by atoms with E-state index >= 15 is 0 Å². The van der Waals surface area contributed by atoms with Gasteiger partial charge >= 0.3 is 0 Å². The van der Waals surface area contributed by atoms with Crippen molar-refractivity contribution >= 4 is 6.08 Å². The van der Waals surface area contributed by atoms with Crippen molar-refractivity contribution in [3.05, 3.63) is 78.9 Å². The van der Waals surface area contributed by atoms with Crippen molar-refractivity contribution in [2.45, 2.75) is 6.42 Å². The highest BCUT2D eigenvalue weighted by molar-refractivity contribution is 5.47. The van der Waals surface area contributed by atoms with E-state index < -0.39 is 0 Å². The number of benzene rings is 2. The predicted octanol–water partition coefficient (Wildman–Crippen LogP) is 3.58. The minimum atomic E-state index is -0.153. The summed E-state index contributed by atoms with van der Waals surface area (Å²) >= 11 is 0. The Morgan fingerprint density at radius 1 is 0.852 bits per heavy atom. The minimum Gasteiger partial charge on any atom is -0.508 e. The molecule has 0 amide bonds. The second-order valence-electron chi connectivity index (χ2n) is 4.65. The molecule has 0 bridgehead atoms. The van der Waals surface area contributed by atoms with Crippen LogP contribution in [-0.2, 0) is 0 Å².